The third-order valence-electron chi connectivity index (χ3n) is 13.4. The lowest BCUT2D eigenvalue weighted by atomic mass is 9.87. The van der Waals surface area contributed by atoms with Gasteiger partial charge in [-0.25, -0.2) is 23.5 Å². The Hall–Kier alpha value is -6.51. The van der Waals surface area contributed by atoms with Crippen molar-refractivity contribution in [3.05, 3.63) is 131 Å². The Kier molecular flexibility index (Phi) is 12.2. The highest BCUT2D eigenvalue weighted by Gasteiger charge is 2.28. The number of carbonyl (C=O) groups excluding carboxylic acids is 3. The molecule has 336 valence electrons. The Labute approximate surface area is 377 Å². The highest BCUT2D eigenvalue weighted by Crippen LogP contribution is 2.35. The van der Waals surface area contributed by atoms with Crippen LogP contribution in [0, 0.1) is 24.5 Å². The average molecular weight is 881 g/mol. The molecule has 0 bridgehead atoms. The zero-order valence-corrected chi connectivity index (χ0v) is 37.0. The van der Waals surface area contributed by atoms with Crippen LogP contribution in [0.5, 0.6) is 0 Å². The summed E-state index contributed by atoms with van der Waals surface area (Å²) in [6.07, 6.45) is 6.32. The molecule has 6 aromatic rings. The largest absolute Gasteiger partial charge is 0.386 e. The maximum atomic E-state index is 15.6. The van der Waals surface area contributed by atoms with Gasteiger partial charge >= 0.3 is 6.03 Å². The maximum absolute atomic E-state index is 15.6. The number of amides is 4. The van der Waals surface area contributed by atoms with Gasteiger partial charge in [-0.15, -0.1) is 0 Å². The minimum atomic E-state index is -1.26. The van der Waals surface area contributed by atoms with Crippen molar-refractivity contribution in [3.63, 3.8) is 0 Å². The first-order valence-electron chi connectivity index (χ1n) is 22.5. The molecular weight excluding hydrogens is 827 g/mol. The van der Waals surface area contributed by atoms with Crippen molar-refractivity contribution in [3.8, 4) is 22.5 Å². The van der Waals surface area contributed by atoms with Crippen LogP contribution in [0.15, 0.2) is 91.3 Å². The molecule has 4 aromatic carbocycles. The van der Waals surface area contributed by atoms with Crippen LogP contribution in [0.25, 0.3) is 33.5 Å². The summed E-state index contributed by atoms with van der Waals surface area (Å²) in [7, 11) is 0. The lowest BCUT2D eigenvalue weighted by Crippen LogP contribution is -2.49. The lowest BCUT2D eigenvalue weighted by molar-refractivity contribution is -0.120. The summed E-state index contributed by atoms with van der Waals surface area (Å²) in [5.41, 5.74) is 6.95. The predicted molar refractivity (Wildman–Crippen MR) is 248 cm³/mol. The molecule has 0 atom stereocenters. The van der Waals surface area contributed by atoms with Gasteiger partial charge < -0.3 is 25.2 Å². The van der Waals surface area contributed by atoms with Gasteiger partial charge in [-0.2, -0.15) is 0 Å². The van der Waals surface area contributed by atoms with Gasteiger partial charge in [0.25, 0.3) is 5.91 Å². The number of urea groups is 1. The summed E-state index contributed by atoms with van der Waals surface area (Å²) in [6.45, 7) is 10.5. The smallest absolute Gasteiger partial charge is 0.328 e. The fraction of sp³-hybridized carbons (Fsp3) is 0.353. The van der Waals surface area contributed by atoms with Gasteiger partial charge in [0.2, 0.25) is 5.91 Å². The maximum Gasteiger partial charge on any atom is 0.328 e. The number of hydrogen-bond acceptors (Lipinski definition) is 8. The molecule has 3 saturated heterocycles. The number of nitrogens with zero attached hydrogens (tertiary/aromatic N) is 5. The fourth-order valence-corrected chi connectivity index (χ4v) is 9.57. The first kappa shape index (κ1) is 43.7. The number of anilines is 2. The molecule has 3 aliphatic heterocycles. The molecule has 0 radical (unpaired) electrons. The predicted octanol–water partition coefficient (Wildman–Crippen LogP) is 8.58. The Morgan fingerprint density at radius 2 is 1.57 bits per heavy atom. The minimum Gasteiger partial charge on any atom is -0.386 e. The Bertz CT molecular complexity index is 2730. The van der Waals surface area contributed by atoms with Crippen molar-refractivity contribution in [2.75, 3.05) is 49.1 Å². The van der Waals surface area contributed by atoms with E-state index < -0.39 is 23.1 Å². The highest BCUT2D eigenvalue weighted by atomic mass is 19.1. The molecule has 14 heteroatoms. The Morgan fingerprint density at radius 1 is 0.846 bits per heavy atom. The molecule has 2 aromatic heterocycles. The van der Waals surface area contributed by atoms with Gasteiger partial charge in [-0.05, 0) is 142 Å². The number of aromatic nitrogens is 3. The van der Waals surface area contributed by atoms with Crippen molar-refractivity contribution in [1.29, 1.82) is 0 Å². The quantitative estimate of drug-likeness (QED) is 0.101. The van der Waals surface area contributed by atoms with E-state index in [-0.39, 0.29) is 29.6 Å². The van der Waals surface area contributed by atoms with E-state index in [9.17, 15) is 23.9 Å². The summed E-state index contributed by atoms with van der Waals surface area (Å²) < 4.78 is 30.4. The van der Waals surface area contributed by atoms with Crippen LogP contribution < -0.4 is 20.4 Å². The third kappa shape index (κ3) is 9.50. The molecule has 5 heterocycles. The number of likely N-dealkylation sites (tertiary alicyclic amines) is 1. The number of piperidine rings is 2. The van der Waals surface area contributed by atoms with E-state index in [0.717, 1.165) is 92.4 Å². The van der Waals surface area contributed by atoms with Crippen LogP contribution in [0.4, 0.5) is 25.0 Å². The Balaban J connectivity index is 0.774. The van der Waals surface area contributed by atoms with E-state index in [2.05, 4.69) is 71.8 Å². The number of aryl methyl sites for hydroxylation is 1. The van der Waals surface area contributed by atoms with Gasteiger partial charge in [0.05, 0.1) is 16.9 Å². The van der Waals surface area contributed by atoms with Crippen LogP contribution in [0.1, 0.15) is 84.5 Å². The van der Waals surface area contributed by atoms with Gasteiger partial charge in [0.15, 0.2) is 0 Å². The van der Waals surface area contributed by atoms with Gasteiger partial charge in [0, 0.05) is 72.7 Å². The Morgan fingerprint density at radius 3 is 2.26 bits per heavy atom. The number of nitrogens with one attached hydrogen (secondary N) is 3. The number of halogens is 2. The number of H-pyrrole nitrogens is 1. The third-order valence-corrected chi connectivity index (χ3v) is 13.4. The first-order chi connectivity index (χ1) is 31.3. The number of aromatic amines is 1. The van der Waals surface area contributed by atoms with Gasteiger partial charge in [-0.1, -0.05) is 36.4 Å². The number of carbonyl (C=O) groups is 3. The normalized spacial score (nSPS) is 16.9. The molecule has 65 heavy (non-hydrogen) atoms. The first-order valence-corrected chi connectivity index (χ1v) is 22.5. The second kappa shape index (κ2) is 18.2. The van der Waals surface area contributed by atoms with Crippen molar-refractivity contribution in [2.24, 2.45) is 5.92 Å². The molecule has 0 aliphatic carbocycles. The van der Waals surface area contributed by atoms with E-state index in [0.29, 0.717) is 47.3 Å². The zero-order chi connectivity index (χ0) is 45.4. The molecule has 3 fully saturated rings. The van der Waals surface area contributed by atoms with Crippen LogP contribution >= 0.6 is 0 Å². The molecule has 0 saturated carbocycles. The number of aliphatic hydroxyl groups is 1. The highest BCUT2D eigenvalue weighted by molar-refractivity contribution is 6.05. The second-order valence-electron chi connectivity index (χ2n) is 18.3. The molecule has 9 rings (SSSR count). The average Bonchev–Trinajstić information content (AvgIpc) is 3.75. The molecule has 0 spiro atoms. The molecular formula is C51H54F2N8O4. The van der Waals surface area contributed by atoms with E-state index in [1.807, 2.05) is 25.1 Å². The van der Waals surface area contributed by atoms with E-state index in [1.165, 1.54) is 49.6 Å². The summed E-state index contributed by atoms with van der Waals surface area (Å²) in [5, 5.41) is 16.0. The SMILES string of the molecule is Cc1cc(CNC(=O)c2ccc(C(C)(C)O)cc2F)c(F)cc1-c1ncnc2[nH]c(-c3ccc(C4CCN(CC5CCN(c6ccc(N7CCC(=O)NC7=O)cc6)CC5)CC4)cc3)cc12. The van der Waals surface area contributed by atoms with Crippen LogP contribution in [0.2, 0.25) is 0 Å². The van der Waals surface area contributed by atoms with Crippen molar-refractivity contribution < 1.29 is 28.3 Å². The number of rotatable bonds is 11. The van der Waals surface area contributed by atoms with Gasteiger partial charge in [0.1, 0.15) is 23.6 Å². The number of fused-ring (bicyclic) bond motifs is 1. The minimum absolute atomic E-state index is 0.143. The molecule has 12 nitrogen and oxygen atoms in total. The molecule has 4 N–H and O–H groups in total. The number of hydrogen-bond donors (Lipinski definition) is 4. The molecule has 4 amide bonds. The lowest BCUT2D eigenvalue weighted by Gasteiger charge is -2.38. The van der Waals surface area contributed by atoms with Crippen molar-refractivity contribution >= 4 is 40.3 Å². The van der Waals surface area contributed by atoms with Crippen molar-refractivity contribution in [2.45, 2.75) is 70.9 Å². The summed E-state index contributed by atoms with van der Waals surface area (Å²) in [6, 6.07) is 25.5. The number of benzene rings is 4. The van der Waals surface area contributed by atoms with E-state index >= 15 is 4.39 Å². The zero-order valence-electron chi connectivity index (χ0n) is 37.0. The van der Waals surface area contributed by atoms with Crippen LogP contribution in [-0.4, -0.2) is 82.1 Å². The molecule has 0 unspecified atom stereocenters. The van der Waals surface area contributed by atoms with E-state index in [4.69, 9.17) is 0 Å². The standard InChI is InChI=1S/C51H54F2N8O4/c1-31-24-36(28-54-49(63)40-13-8-37(25-44(40)53)51(2,3)65)43(52)26-41(31)47-42-27-45(57-48(42)56-30-55-47)35-6-4-33(5-7-35)34-16-19-59(20-17-34)29-32-14-21-60(22-15-32)38-9-11-39(12-10-38)61-23-18-46(62)58-50(61)64/h4-13,24-27,30,32,34,65H,14-23,28-29H2,1-3H3,(H,54,63)(H,55,56,57)(H,58,62,64). The topological polar surface area (TPSA) is 147 Å². The summed E-state index contributed by atoms with van der Waals surface area (Å²) in [5.74, 6) is -1.03. The number of imide groups is 1. The van der Waals surface area contributed by atoms with E-state index in [1.54, 1.807) is 11.0 Å². The summed E-state index contributed by atoms with van der Waals surface area (Å²) >= 11 is 0. The van der Waals surface area contributed by atoms with Crippen LogP contribution in [-0.2, 0) is 16.9 Å². The van der Waals surface area contributed by atoms with Gasteiger partial charge in [-0.3, -0.25) is 19.8 Å². The molecule has 3 aliphatic rings. The fourth-order valence-electron chi connectivity index (χ4n) is 9.57. The summed E-state index contributed by atoms with van der Waals surface area (Å²) in [4.78, 5) is 55.8. The second-order valence-corrected chi connectivity index (χ2v) is 18.3. The van der Waals surface area contributed by atoms with Crippen molar-refractivity contribution in [1.82, 2.24) is 30.5 Å². The van der Waals surface area contributed by atoms with Crippen LogP contribution in [0.3, 0.4) is 0 Å². The monoisotopic (exact) mass is 880 g/mol.